The van der Waals surface area contributed by atoms with E-state index in [1.807, 2.05) is 0 Å². The van der Waals surface area contributed by atoms with Gasteiger partial charge in [-0.3, -0.25) is 9.59 Å². The lowest BCUT2D eigenvalue weighted by molar-refractivity contribution is -0.143. The Morgan fingerprint density at radius 1 is 0.905 bits per heavy atom. The summed E-state index contributed by atoms with van der Waals surface area (Å²) in [4.78, 5) is 19.3. The summed E-state index contributed by atoms with van der Waals surface area (Å²) >= 11 is 0. The molecule has 3 rings (SSSR count). The molecule has 0 amide bonds. The Hall–Kier alpha value is -2.68. The van der Waals surface area contributed by atoms with E-state index in [2.05, 4.69) is 65.4 Å². The minimum atomic E-state index is -0.424. The van der Waals surface area contributed by atoms with Crippen molar-refractivity contribution in [1.82, 2.24) is 0 Å². The number of esters is 1. The Labute approximate surface area is 123 Å². The number of carbonyl (C=O) groups excluding carboxylic acids is 2. The second-order valence-corrected chi connectivity index (χ2v) is 4.48. The van der Waals surface area contributed by atoms with Gasteiger partial charge in [0.2, 0.25) is 0 Å². The third-order valence-corrected chi connectivity index (χ3v) is 3.01. The highest BCUT2D eigenvalue weighted by atomic mass is 16.5. The van der Waals surface area contributed by atoms with Gasteiger partial charge in [0.05, 0.1) is 0 Å². The van der Waals surface area contributed by atoms with Crippen LogP contribution in [0.15, 0.2) is 60.7 Å². The molecule has 106 valence electrons. The molecule has 0 N–H and O–H groups in total. The van der Waals surface area contributed by atoms with Crippen molar-refractivity contribution in [1.29, 1.82) is 0 Å². The first-order chi connectivity index (χ1) is 10.2. The molecule has 0 radical (unpaired) electrons. The summed E-state index contributed by atoms with van der Waals surface area (Å²) < 4.78 is 4.18. The fraction of sp³-hybridized carbons (Fsp3) is 0.111. The molecule has 21 heavy (non-hydrogen) atoms. The standard InChI is InChI=1S/C14H10.C4H6O3/c1-3-7-13-11(5-1)9-10-12-6-2-4-8-14(12)13;1-4(6)7-3-2-5/h1-10H;2H,3H2,1H3. The van der Waals surface area contributed by atoms with Crippen LogP contribution in [0.25, 0.3) is 21.5 Å². The molecule has 0 aliphatic carbocycles. The molecule has 0 saturated heterocycles. The fourth-order valence-corrected chi connectivity index (χ4v) is 2.11. The van der Waals surface area contributed by atoms with Crippen LogP contribution in [0.5, 0.6) is 0 Å². The Morgan fingerprint density at radius 2 is 1.38 bits per heavy atom. The molecular formula is C18H16O3. The van der Waals surface area contributed by atoms with Crippen LogP contribution in [0.3, 0.4) is 0 Å². The number of benzene rings is 3. The van der Waals surface area contributed by atoms with Crippen LogP contribution in [-0.2, 0) is 14.3 Å². The van der Waals surface area contributed by atoms with Crippen LogP contribution in [0, 0.1) is 0 Å². The molecule has 0 aliphatic heterocycles. The summed E-state index contributed by atoms with van der Waals surface area (Å²) in [7, 11) is 0. The highest BCUT2D eigenvalue weighted by Gasteiger charge is 1.97. The van der Waals surface area contributed by atoms with Crippen LogP contribution in [-0.4, -0.2) is 18.9 Å². The van der Waals surface area contributed by atoms with Gasteiger partial charge in [-0.15, -0.1) is 0 Å². The summed E-state index contributed by atoms with van der Waals surface area (Å²) in [6, 6.07) is 21.4. The molecule has 0 spiro atoms. The highest BCUT2D eigenvalue weighted by Crippen LogP contribution is 2.24. The second-order valence-electron chi connectivity index (χ2n) is 4.48. The zero-order valence-electron chi connectivity index (χ0n) is 11.8. The van der Waals surface area contributed by atoms with Crippen molar-refractivity contribution in [3.8, 4) is 0 Å². The zero-order valence-corrected chi connectivity index (χ0v) is 11.8. The summed E-state index contributed by atoms with van der Waals surface area (Å²) in [6.07, 6.45) is 0.529. The molecule has 0 unspecified atom stereocenters. The molecular weight excluding hydrogens is 264 g/mol. The molecule has 0 aromatic heterocycles. The second kappa shape index (κ2) is 7.20. The maximum atomic E-state index is 9.82. The van der Waals surface area contributed by atoms with Gasteiger partial charge >= 0.3 is 5.97 Å². The summed E-state index contributed by atoms with van der Waals surface area (Å²) in [5.74, 6) is -0.424. The molecule has 0 saturated carbocycles. The Balaban J connectivity index is 0.000000199. The topological polar surface area (TPSA) is 43.4 Å². The van der Waals surface area contributed by atoms with Gasteiger partial charge in [0.1, 0.15) is 6.61 Å². The van der Waals surface area contributed by atoms with Crippen LogP contribution < -0.4 is 0 Å². The van der Waals surface area contributed by atoms with Crippen molar-refractivity contribution in [3.05, 3.63) is 60.7 Å². The first-order valence-corrected chi connectivity index (χ1v) is 6.66. The van der Waals surface area contributed by atoms with E-state index in [1.165, 1.54) is 28.5 Å². The van der Waals surface area contributed by atoms with E-state index in [0.717, 1.165) is 0 Å². The molecule has 3 aromatic rings. The van der Waals surface area contributed by atoms with Crippen molar-refractivity contribution < 1.29 is 14.3 Å². The monoisotopic (exact) mass is 280 g/mol. The number of fused-ring (bicyclic) bond motifs is 3. The van der Waals surface area contributed by atoms with Gasteiger partial charge in [-0.1, -0.05) is 60.7 Å². The Bertz CT molecular complexity index is 708. The molecule has 0 bridgehead atoms. The Morgan fingerprint density at radius 3 is 1.76 bits per heavy atom. The minimum absolute atomic E-state index is 0.130. The summed E-state index contributed by atoms with van der Waals surface area (Å²) in [5, 5.41) is 5.30. The number of aldehydes is 1. The van der Waals surface area contributed by atoms with E-state index in [4.69, 9.17) is 0 Å². The third-order valence-electron chi connectivity index (χ3n) is 3.01. The lowest BCUT2D eigenvalue weighted by Crippen LogP contribution is -2.00. The number of hydrogen-bond donors (Lipinski definition) is 0. The average Bonchev–Trinajstić information content (AvgIpc) is 2.53. The molecule has 0 aliphatic rings. The molecule has 0 fully saturated rings. The fourth-order valence-electron chi connectivity index (χ4n) is 2.11. The number of ether oxygens (including phenoxy) is 1. The van der Waals surface area contributed by atoms with E-state index in [-0.39, 0.29) is 6.61 Å². The summed E-state index contributed by atoms with van der Waals surface area (Å²) in [5.41, 5.74) is 0. The predicted molar refractivity (Wildman–Crippen MR) is 84.2 cm³/mol. The van der Waals surface area contributed by atoms with E-state index in [1.54, 1.807) is 0 Å². The van der Waals surface area contributed by atoms with Gasteiger partial charge in [-0.25, -0.2) is 0 Å². The van der Waals surface area contributed by atoms with E-state index >= 15 is 0 Å². The molecule has 3 nitrogen and oxygen atoms in total. The predicted octanol–water partition coefficient (Wildman–Crippen LogP) is 3.74. The molecule has 3 aromatic carbocycles. The average molecular weight is 280 g/mol. The van der Waals surface area contributed by atoms with Gasteiger partial charge < -0.3 is 4.74 Å². The SMILES string of the molecule is CC(=O)OCC=O.c1ccc2c(c1)ccc1ccccc12. The molecule has 0 atom stereocenters. The van der Waals surface area contributed by atoms with Gasteiger partial charge in [0.25, 0.3) is 0 Å². The van der Waals surface area contributed by atoms with Crippen molar-refractivity contribution >= 4 is 33.8 Å². The lowest BCUT2D eigenvalue weighted by Gasteiger charge is -2.02. The molecule has 3 heteroatoms. The van der Waals surface area contributed by atoms with Crippen LogP contribution >= 0.6 is 0 Å². The maximum Gasteiger partial charge on any atom is 0.303 e. The molecule has 0 heterocycles. The van der Waals surface area contributed by atoms with Crippen molar-refractivity contribution in [2.45, 2.75) is 6.92 Å². The Kier molecular flexibility index (Phi) is 5.04. The smallest absolute Gasteiger partial charge is 0.303 e. The van der Waals surface area contributed by atoms with Crippen LogP contribution in [0.1, 0.15) is 6.92 Å². The van der Waals surface area contributed by atoms with E-state index in [0.29, 0.717) is 6.29 Å². The largest absolute Gasteiger partial charge is 0.458 e. The van der Waals surface area contributed by atoms with Crippen molar-refractivity contribution in [3.63, 3.8) is 0 Å². The van der Waals surface area contributed by atoms with Crippen LogP contribution in [0.4, 0.5) is 0 Å². The van der Waals surface area contributed by atoms with E-state index in [9.17, 15) is 9.59 Å². The lowest BCUT2D eigenvalue weighted by atomic mass is 10.0. The summed E-state index contributed by atoms with van der Waals surface area (Å²) in [6.45, 7) is 1.12. The number of hydrogen-bond acceptors (Lipinski definition) is 3. The van der Waals surface area contributed by atoms with Gasteiger partial charge in [0, 0.05) is 6.92 Å². The quantitative estimate of drug-likeness (QED) is 0.408. The van der Waals surface area contributed by atoms with Gasteiger partial charge in [-0.2, -0.15) is 0 Å². The first kappa shape index (κ1) is 14.7. The zero-order chi connectivity index (χ0) is 15.1. The minimum Gasteiger partial charge on any atom is -0.458 e. The third kappa shape index (κ3) is 3.89. The van der Waals surface area contributed by atoms with Crippen molar-refractivity contribution in [2.24, 2.45) is 0 Å². The van der Waals surface area contributed by atoms with E-state index < -0.39 is 5.97 Å². The normalized spacial score (nSPS) is 9.76. The van der Waals surface area contributed by atoms with Gasteiger partial charge in [-0.05, 0) is 21.5 Å². The number of carbonyl (C=O) groups is 2. The van der Waals surface area contributed by atoms with Crippen molar-refractivity contribution in [2.75, 3.05) is 6.61 Å². The first-order valence-electron chi connectivity index (χ1n) is 6.66. The highest BCUT2D eigenvalue weighted by molar-refractivity contribution is 6.07. The number of rotatable bonds is 2. The van der Waals surface area contributed by atoms with Gasteiger partial charge in [0.15, 0.2) is 6.29 Å². The van der Waals surface area contributed by atoms with Crippen LogP contribution in [0.2, 0.25) is 0 Å². The maximum absolute atomic E-state index is 9.82.